The Morgan fingerprint density at radius 3 is 1.20 bits per heavy atom. The van der Waals surface area contributed by atoms with E-state index in [4.69, 9.17) is 11.5 Å². The topological polar surface area (TPSA) is 52.0 Å². The van der Waals surface area contributed by atoms with Gasteiger partial charge in [0.2, 0.25) is 0 Å². The van der Waals surface area contributed by atoms with Crippen LogP contribution in [0.25, 0.3) is 0 Å². The van der Waals surface area contributed by atoms with E-state index in [9.17, 15) is 0 Å². The van der Waals surface area contributed by atoms with Gasteiger partial charge in [0, 0.05) is 0 Å². The molecule has 0 aromatic heterocycles. The Hall–Kier alpha value is -0.920. The van der Waals surface area contributed by atoms with E-state index >= 15 is 0 Å². The van der Waals surface area contributed by atoms with Crippen molar-refractivity contribution < 1.29 is 0 Å². The summed E-state index contributed by atoms with van der Waals surface area (Å²) in [5.74, 6) is 0. The highest BCUT2D eigenvalue weighted by Crippen LogP contribution is 2.02. The Morgan fingerprint density at radius 2 is 1.10 bits per heavy atom. The minimum Gasteiger partial charge on any atom is -0.404 e. The molecule has 0 atom stereocenters. The van der Waals surface area contributed by atoms with Crippen LogP contribution in [0.15, 0.2) is 23.5 Å². The van der Waals surface area contributed by atoms with Gasteiger partial charge in [-0.1, -0.05) is 13.8 Å². The summed E-state index contributed by atoms with van der Waals surface area (Å²) in [5, 5.41) is 0. The molecule has 0 rings (SSSR count). The largest absolute Gasteiger partial charge is 0.404 e. The molecule has 0 fully saturated rings. The number of allylic oxidation sites excluding steroid dienone is 2. The van der Waals surface area contributed by atoms with Crippen molar-refractivity contribution in [3.8, 4) is 0 Å². The second kappa shape index (κ2) is 8.08. The second-order valence-electron chi connectivity index (χ2n) is 1.70. The fourth-order valence-corrected chi connectivity index (χ4v) is 0.263. The van der Waals surface area contributed by atoms with Crippen LogP contribution in [-0.2, 0) is 0 Å². The van der Waals surface area contributed by atoms with Crippen LogP contribution in [0, 0.1) is 0 Å². The van der Waals surface area contributed by atoms with Gasteiger partial charge in [0.15, 0.2) is 0 Å². The molecule has 60 valence electrons. The van der Waals surface area contributed by atoms with E-state index < -0.39 is 0 Å². The number of hydrogen-bond acceptors (Lipinski definition) is 2. The van der Waals surface area contributed by atoms with Crippen molar-refractivity contribution in [1.29, 1.82) is 0 Å². The van der Waals surface area contributed by atoms with Crippen molar-refractivity contribution >= 4 is 0 Å². The molecule has 10 heavy (non-hydrogen) atoms. The molecule has 0 aliphatic carbocycles. The van der Waals surface area contributed by atoms with Gasteiger partial charge in [0.25, 0.3) is 0 Å². The number of hydrogen-bond donors (Lipinski definition) is 2. The van der Waals surface area contributed by atoms with Gasteiger partial charge in [-0.05, 0) is 37.4 Å². The van der Waals surface area contributed by atoms with Crippen molar-refractivity contribution in [2.24, 2.45) is 11.5 Å². The highest BCUT2D eigenvalue weighted by atomic mass is 14.5. The summed E-state index contributed by atoms with van der Waals surface area (Å²) in [7, 11) is 0. The minimum absolute atomic E-state index is 1.02. The second-order valence-corrected chi connectivity index (χ2v) is 1.70. The monoisotopic (exact) mass is 142 g/mol. The molecule has 2 heteroatoms. The molecule has 0 saturated heterocycles. The first-order chi connectivity index (χ1) is 4.72. The molecule has 0 bridgehead atoms. The molecule has 0 aliphatic heterocycles. The molecule has 0 radical (unpaired) electrons. The summed E-state index contributed by atoms with van der Waals surface area (Å²) in [6.45, 7) is 7.83. The zero-order chi connectivity index (χ0) is 8.57. The zero-order valence-electron chi connectivity index (χ0n) is 7.31. The molecule has 2 nitrogen and oxygen atoms in total. The lowest BCUT2D eigenvalue weighted by molar-refractivity contribution is 1.28. The Labute approximate surface area is 63.6 Å². The predicted molar refractivity (Wildman–Crippen MR) is 47.2 cm³/mol. The van der Waals surface area contributed by atoms with E-state index in [1.54, 1.807) is 12.4 Å². The molecule has 0 aromatic carbocycles. The van der Waals surface area contributed by atoms with Crippen LogP contribution in [-0.4, -0.2) is 0 Å². The molecule has 0 amide bonds. The smallest absolute Gasteiger partial charge is 0.00293 e. The summed E-state index contributed by atoms with van der Waals surface area (Å²) in [6.07, 6.45) is 3.08. The van der Waals surface area contributed by atoms with Crippen molar-refractivity contribution in [2.45, 2.75) is 27.7 Å². The normalized spacial score (nSPS) is 12.0. The number of rotatable bonds is 1. The lowest BCUT2D eigenvalue weighted by Crippen LogP contribution is -1.89. The third-order valence-corrected chi connectivity index (χ3v) is 1.12. The van der Waals surface area contributed by atoms with E-state index in [0.717, 1.165) is 11.1 Å². The predicted octanol–water partition coefficient (Wildman–Crippen LogP) is 1.74. The Balaban J connectivity index is 0. The average Bonchev–Trinajstić information content (AvgIpc) is 2.05. The van der Waals surface area contributed by atoms with Crippen LogP contribution in [0.2, 0.25) is 0 Å². The number of nitrogens with two attached hydrogens (primary N) is 2. The van der Waals surface area contributed by atoms with Gasteiger partial charge in [-0.25, -0.2) is 0 Å². The van der Waals surface area contributed by atoms with Crippen molar-refractivity contribution in [3.63, 3.8) is 0 Å². The van der Waals surface area contributed by atoms with Gasteiger partial charge in [-0.2, -0.15) is 0 Å². The van der Waals surface area contributed by atoms with Crippen LogP contribution in [0.4, 0.5) is 0 Å². The summed E-state index contributed by atoms with van der Waals surface area (Å²) in [5.41, 5.74) is 12.4. The molecule has 0 aliphatic rings. The van der Waals surface area contributed by atoms with E-state index in [1.165, 1.54) is 0 Å². The van der Waals surface area contributed by atoms with Crippen molar-refractivity contribution in [3.05, 3.63) is 23.5 Å². The van der Waals surface area contributed by atoms with E-state index in [1.807, 2.05) is 27.7 Å². The van der Waals surface area contributed by atoms with Gasteiger partial charge in [0.1, 0.15) is 0 Å². The van der Waals surface area contributed by atoms with Crippen molar-refractivity contribution in [2.75, 3.05) is 0 Å². The molecule has 0 aromatic rings. The molecule has 0 saturated carbocycles. The van der Waals surface area contributed by atoms with Crippen LogP contribution in [0.1, 0.15) is 27.7 Å². The van der Waals surface area contributed by atoms with Crippen LogP contribution in [0.5, 0.6) is 0 Å². The van der Waals surface area contributed by atoms with Crippen LogP contribution < -0.4 is 11.5 Å². The summed E-state index contributed by atoms with van der Waals surface area (Å²) in [6, 6.07) is 0. The first-order valence-electron chi connectivity index (χ1n) is 3.49. The highest BCUT2D eigenvalue weighted by molar-refractivity contribution is 5.24. The third-order valence-electron chi connectivity index (χ3n) is 1.12. The fourth-order valence-electron chi connectivity index (χ4n) is 0.263. The van der Waals surface area contributed by atoms with E-state index in [-0.39, 0.29) is 0 Å². The first kappa shape index (κ1) is 11.8. The van der Waals surface area contributed by atoms with Gasteiger partial charge >= 0.3 is 0 Å². The third kappa shape index (κ3) is 5.22. The Morgan fingerprint density at radius 1 is 0.900 bits per heavy atom. The van der Waals surface area contributed by atoms with Gasteiger partial charge in [-0.15, -0.1) is 0 Å². The molecule has 4 N–H and O–H groups in total. The zero-order valence-corrected chi connectivity index (χ0v) is 7.31. The molecule has 0 spiro atoms. The van der Waals surface area contributed by atoms with Gasteiger partial charge in [0.05, 0.1) is 0 Å². The van der Waals surface area contributed by atoms with E-state index in [2.05, 4.69) is 0 Å². The fraction of sp³-hybridized carbons (Fsp3) is 0.500. The lowest BCUT2D eigenvalue weighted by atomic mass is 10.2. The Bertz CT molecular complexity index is 107. The maximum Gasteiger partial charge on any atom is -0.00293 e. The quantitative estimate of drug-likeness (QED) is 0.548. The van der Waals surface area contributed by atoms with Crippen molar-refractivity contribution in [1.82, 2.24) is 0 Å². The summed E-state index contributed by atoms with van der Waals surface area (Å²) in [4.78, 5) is 0. The molecule has 0 unspecified atom stereocenters. The van der Waals surface area contributed by atoms with E-state index in [0.29, 0.717) is 0 Å². The average molecular weight is 142 g/mol. The van der Waals surface area contributed by atoms with Crippen LogP contribution >= 0.6 is 0 Å². The van der Waals surface area contributed by atoms with Gasteiger partial charge < -0.3 is 11.5 Å². The Kier molecular flexibility index (Phi) is 9.56. The lowest BCUT2D eigenvalue weighted by Gasteiger charge is -1.94. The standard InChI is InChI=1S/C6H12N2.C2H6/c1-5(3-7)6(2)4-8;1-2/h3-4H,7-8H2,1-2H3;1-2H3/b5-3-,6-4-;. The van der Waals surface area contributed by atoms with Gasteiger partial charge in [-0.3, -0.25) is 0 Å². The highest BCUT2D eigenvalue weighted by Gasteiger charge is 1.86. The molecular weight excluding hydrogens is 124 g/mol. The first-order valence-corrected chi connectivity index (χ1v) is 3.49. The maximum atomic E-state index is 5.19. The molecule has 0 heterocycles. The summed E-state index contributed by atoms with van der Waals surface area (Å²) >= 11 is 0. The maximum absolute atomic E-state index is 5.19. The minimum atomic E-state index is 1.02. The molecular formula is C8H18N2. The van der Waals surface area contributed by atoms with Crippen LogP contribution in [0.3, 0.4) is 0 Å². The SMILES string of the molecule is CC.CC(=C/N)/C(C)=C\N. The summed E-state index contributed by atoms with van der Waals surface area (Å²) < 4.78 is 0.